The Labute approximate surface area is 125 Å². The first-order chi connectivity index (χ1) is 10.1. The number of ether oxygens (including phenoxy) is 1. The fourth-order valence-electron chi connectivity index (χ4n) is 2.91. The molecule has 3 nitrogen and oxygen atoms in total. The van der Waals surface area contributed by atoms with Gasteiger partial charge < -0.3 is 15.0 Å². The van der Waals surface area contributed by atoms with Gasteiger partial charge in [0.2, 0.25) is 0 Å². The summed E-state index contributed by atoms with van der Waals surface area (Å²) in [6.07, 6.45) is 2.27. The average molecular weight is 298 g/mol. The van der Waals surface area contributed by atoms with E-state index >= 15 is 0 Å². The first-order valence-electron chi connectivity index (χ1n) is 7.49. The van der Waals surface area contributed by atoms with E-state index in [2.05, 4.69) is 10.2 Å². The Kier molecular flexibility index (Phi) is 6.08. The maximum Gasteiger partial charge on any atom is 0.163 e. The maximum atomic E-state index is 13.9. The number of rotatable bonds is 6. The van der Waals surface area contributed by atoms with Crippen molar-refractivity contribution in [2.75, 3.05) is 40.4 Å². The predicted molar refractivity (Wildman–Crippen MR) is 79.2 cm³/mol. The van der Waals surface area contributed by atoms with Gasteiger partial charge in [0, 0.05) is 31.3 Å². The van der Waals surface area contributed by atoms with E-state index in [0.717, 1.165) is 32.2 Å². The zero-order valence-corrected chi connectivity index (χ0v) is 12.7. The first-order valence-corrected chi connectivity index (χ1v) is 7.49. The zero-order valence-electron chi connectivity index (χ0n) is 12.7. The zero-order chi connectivity index (χ0) is 15.2. The molecule has 1 fully saturated rings. The summed E-state index contributed by atoms with van der Waals surface area (Å²) >= 11 is 0. The van der Waals surface area contributed by atoms with Crippen LogP contribution >= 0.6 is 0 Å². The Morgan fingerprint density at radius 2 is 2.24 bits per heavy atom. The van der Waals surface area contributed by atoms with Gasteiger partial charge in [-0.2, -0.15) is 0 Å². The Bertz CT molecular complexity index is 450. The molecule has 1 aliphatic heterocycles. The summed E-state index contributed by atoms with van der Waals surface area (Å²) in [7, 11) is 3.78. The molecular formula is C16H24F2N2O. The third-order valence-electron chi connectivity index (χ3n) is 4.02. The van der Waals surface area contributed by atoms with Crippen molar-refractivity contribution in [2.45, 2.75) is 18.9 Å². The highest BCUT2D eigenvalue weighted by molar-refractivity contribution is 5.22. The maximum absolute atomic E-state index is 13.9. The summed E-state index contributed by atoms with van der Waals surface area (Å²) in [4.78, 5) is 2.16. The smallest absolute Gasteiger partial charge is 0.163 e. The van der Waals surface area contributed by atoms with Crippen LogP contribution in [-0.4, -0.2) is 45.3 Å². The van der Waals surface area contributed by atoms with Gasteiger partial charge in [-0.25, -0.2) is 8.78 Å². The fraction of sp³-hybridized carbons (Fsp3) is 0.625. The molecule has 2 unspecified atom stereocenters. The van der Waals surface area contributed by atoms with Crippen LogP contribution in [0.5, 0.6) is 0 Å². The number of benzene rings is 1. The van der Waals surface area contributed by atoms with Crippen molar-refractivity contribution >= 4 is 0 Å². The molecule has 1 aromatic carbocycles. The third-order valence-corrected chi connectivity index (χ3v) is 4.02. The summed E-state index contributed by atoms with van der Waals surface area (Å²) in [5.74, 6) is -1.03. The van der Waals surface area contributed by atoms with Gasteiger partial charge in [-0.1, -0.05) is 12.1 Å². The van der Waals surface area contributed by atoms with Crippen LogP contribution in [0.3, 0.4) is 0 Å². The quantitative estimate of drug-likeness (QED) is 0.873. The van der Waals surface area contributed by atoms with Gasteiger partial charge in [-0.05, 0) is 38.9 Å². The Morgan fingerprint density at radius 3 is 2.90 bits per heavy atom. The molecule has 21 heavy (non-hydrogen) atoms. The second kappa shape index (κ2) is 7.82. The summed E-state index contributed by atoms with van der Waals surface area (Å²) in [6, 6.07) is 4.11. The molecule has 118 valence electrons. The summed E-state index contributed by atoms with van der Waals surface area (Å²) < 4.78 is 32.7. The van der Waals surface area contributed by atoms with Gasteiger partial charge in [-0.3, -0.25) is 0 Å². The lowest BCUT2D eigenvalue weighted by Crippen LogP contribution is -2.36. The van der Waals surface area contributed by atoms with Crippen molar-refractivity contribution in [3.05, 3.63) is 35.4 Å². The average Bonchev–Trinajstić information content (AvgIpc) is 2.49. The number of likely N-dealkylation sites (N-methyl/N-ethyl adjacent to an activating group) is 2. The molecule has 1 aromatic rings. The molecule has 1 saturated heterocycles. The van der Waals surface area contributed by atoms with Crippen LogP contribution in [0.1, 0.15) is 24.4 Å². The number of hydrogen-bond acceptors (Lipinski definition) is 3. The molecule has 0 radical (unpaired) electrons. The highest BCUT2D eigenvalue weighted by Gasteiger charge is 2.21. The predicted octanol–water partition coefficient (Wildman–Crippen LogP) is 2.58. The van der Waals surface area contributed by atoms with Gasteiger partial charge in [0.1, 0.15) is 0 Å². The summed E-state index contributed by atoms with van der Waals surface area (Å²) in [5.41, 5.74) is 0.379. The van der Waals surface area contributed by atoms with Crippen LogP contribution in [0.4, 0.5) is 8.78 Å². The van der Waals surface area contributed by atoms with Crippen LogP contribution in [0.15, 0.2) is 18.2 Å². The minimum absolute atomic E-state index is 0.227. The molecule has 2 rings (SSSR count). The molecule has 1 aliphatic rings. The molecular weight excluding hydrogens is 274 g/mol. The molecule has 0 amide bonds. The highest BCUT2D eigenvalue weighted by Crippen LogP contribution is 2.21. The van der Waals surface area contributed by atoms with E-state index in [0.29, 0.717) is 18.0 Å². The van der Waals surface area contributed by atoms with Gasteiger partial charge in [-0.15, -0.1) is 0 Å². The minimum atomic E-state index is -0.795. The first kappa shape index (κ1) is 16.3. The van der Waals surface area contributed by atoms with E-state index < -0.39 is 11.6 Å². The molecule has 1 N–H and O–H groups in total. The summed E-state index contributed by atoms with van der Waals surface area (Å²) in [5, 5.41) is 3.07. The van der Waals surface area contributed by atoms with Gasteiger partial charge in [0.05, 0.1) is 6.61 Å². The second-order valence-electron chi connectivity index (χ2n) is 5.79. The van der Waals surface area contributed by atoms with Crippen LogP contribution in [0.25, 0.3) is 0 Å². The second-order valence-corrected chi connectivity index (χ2v) is 5.79. The topological polar surface area (TPSA) is 24.5 Å². The number of halogens is 2. The molecule has 0 aromatic heterocycles. The van der Waals surface area contributed by atoms with Crippen molar-refractivity contribution in [3.63, 3.8) is 0 Å². The van der Waals surface area contributed by atoms with Crippen molar-refractivity contribution in [1.29, 1.82) is 0 Å². The Morgan fingerprint density at radius 1 is 1.43 bits per heavy atom. The van der Waals surface area contributed by atoms with E-state index in [-0.39, 0.29) is 6.04 Å². The van der Waals surface area contributed by atoms with E-state index in [1.165, 1.54) is 6.42 Å². The van der Waals surface area contributed by atoms with Gasteiger partial charge >= 0.3 is 0 Å². The SMILES string of the molecule is CNC(CN(C)CC1CCCOC1)c1cccc(F)c1F. The van der Waals surface area contributed by atoms with E-state index in [1.807, 2.05) is 7.05 Å². The van der Waals surface area contributed by atoms with Crippen molar-refractivity contribution in [1.82, 2.24) is 10.2 Å². The van der Waals surface area contributed by atoms with Gasteiger partial charge in [0.25, 0.3) is 0 Å². The number of nitrogens with zero attached hydrogens (tertiary/aromatic N) is 1. The lowest BCUT2D eigenvalue weighted by atomic mass is 10.0. The van der Waals surface area contributed by atoms with E-state index in [1.54, 1.807) is 19.2 Å². The standard InChI is InChI=1S/C16H24F2N2O/c1-19-15(13-6-3-7-14(17)16(13)18)10-20(2)9-12-5-4-8-21-11-12/h3,6-7,12,15,19H,4-5,8-11H2,1-2H3. The lowest BCUT2D eigenvalue weighted by Gasteiger charge is -2.29. The van der Waals surface area contributed by atoms with E-state index in [4.69, 9.17) is 4.74 Å². The number of hydrogen-bond donors (Lipinski definition) is 1. The van der Waals surface area contributed by atoms with Crippen LogP contribution < -0.4 is 5.32 Å². The monoisotopic (exact) mass is 298 g/mol. The largest absolute Gasteiger partial charge is 0.381 e. The normalized spacial score (nSPS) is 20.7. The van der Waals surface area contributed by atoms with Crippen molar-refractivity contribution < 1.29 is 13.5 Å². The van der Waals surface area contributed by atoms with Crippen LogP contribution in [0.2, 0.25) is 0 Å². The lowest BCUT2D eigenvalue weighted by molar-refractivity contribution is 0.0410. The molecule has 2 atom stereocenters. The molecule has 0 aliphatic carbocycles. The van der Waals surface area contributed by atoms with E-state index in [9.17, 15) is 8.78 Å². The molecule has 0 bridgehead atoms. The Hall–Kier alpha value is -1.04. The number of nitrogens with one attached hydrogen (secondary N) is 1. The van der Waals surface area contributed by atoms with Crippen molar-refractivity contribution in [3.8, 4) is 0 Å². The third kappa shape index (κ3) is 4.46. The molecule has 0 saturated carbocycles. The minimum Gasteiger partial charge on any atom is -0.381 e. The highest BCUT2D eigenvalue weighted by atomic mass is 19.2. The Balaban J connectivity index is 1.96. The van der Waals surface area contributed by atoms with Crippen LogP contribution in [-0.2, 0) is 4.74 Å². The molecule has 5 heteroatoms. The molecule has 1 heterocycles. The molecule has 0 spiro atoms. The summed E-state index contributed by atoms with van der Waals surface area (Å²) in [6.45, 7) is 3.19. The van der Waals surface area contributed by atoms with Crippen LogP contribution in [0, 0.1) is 17.6 Å². The fourth-order valence-corrected chi connectivity index (χ4v) is 2.91. The van der Waals surface area contributed by atoms with Crippen molar-refractivity contribution in [2.24, 2.45) is 5.92 Å². The van der Waals surface area contributed by atoms with Gasteiger partial charge in [0.15, 0.2) is 11.6 Å².